The summed E-state index contributed by atoms with van der Waals surface area (Å²) in [4.78, 5) is 14.3. The first-order valence-electron chi connectivity index (χ1n) is 6.68. The molecule has 2 rings (SSSR count). The number of likely N-dealkylation sites (N-methyl/N-ethyl adjacent to an activating group) is 1. The van der Waals surface area contributed by atoms with Gasteiger partial charge in [0.1, 0.15) is 0 Å². The average Bonchev–Trinajstić information content (AvgIpc) is 2.79. The quantitative estimate of drug-likeness (QED) is 0.783. The Balaban J connectivity index is 1.93. The van der Waals surface area contributed by atoms with Crippen LogP contribution in [0.25, 0.3) is 0 Å². The Bertz CT molecular complexity index is 267. The van der Waals surface area contributed by atoms with Gasteiger partial charge >= 0.3 is 0 Å². The monoisotopic (exact) mass is 240 g/mol. The number of carbonyl (C=O) groups excluding carboxylic acids is 1. The molecule has 1 saturated carbocycles. The van der Waals surface area contributed by atoms with Crippen LogP contribution in [0, 0.1) is 11.8 Å². The van der Waals surface area contributed by atoms with Crippen molar-refractivity contribution in [2.75, 3.05) is 20.3 Å². The van der Waals surface area contributed by atoms with E-state index in [9.17, 15) is 4.79 Å². The number of hydrogen-bond acceptors (Lipinski definition) is 3. The van der Waals surface area contributed by atoms with E-state index >= 15 is 0 Å². The highest BCUT2D eigenvalue weighted by Gasteiger charge is 2.33. The molecule has 0 bridgehead atoms. The predicted molar refractivity (Wildman–Crippen MR) is 66.5 cm³/mol. The standard InChI is InChI=1S/C13H24N2O2/c1-9-5-10(7-11(14)6-9)13(16)15(2)12-3-4-17-8-12/h9-12H,3-8,14H2,1-2H3. The molecule has 0 aromatic carbocycles. The molecule has 4 heteroatoms. The highest BCUT2D eigenvalue weighted by molar-refractivity contribution is 5.79. The second-order valence-electron chi connectivity index (χ2n) is 5.74. The Morgan fingerprint density at radius 2 is 2.12 bits per heavy atom. The first kappa shape index (κ1) is 12.8. The molecule has 0 radical (unpaired) electrons. The van der Waals surface area contributed by atoms with Crippen molar-refractivity contribution in [3.05, 3.63) is 0 Å². The van der Waals surface area contributed by atoms with E-state index in [2.05, 4.69) is 6.92 Å². The van der Waals surface area contributed by atoms with Crippen molar-refractivity contribution >= 4 is 5.91 Å². The summed E-state index contributed by atoms with van der Waals surface area (Å²) in [5, 5.41) is 0. The maximum absolute atomic E-state index is 12.4. The molecule has 1 amide bonds. The lowest BCUT2D eigenvalue weighted by Gasteiger charge is -2.34. The molecule has 17 heavy (non-hydrogen) atoms. The van der Waals surface area contributed by atoms with E-state index in [0.29, 0.717) is 12.5 Å². The van der Waals surface area contributed by atoms with Crippen LogP contribution >= 0.6 is 0 Å². The molecule has 1 aliphatic heterocycles. The maximum Gasteiger partial charge on any atom is 0.225 e. The summed E-state index contributed by atoms with van der Waals surface area (Å²) in [5.41, 5.74) is 6.01. The van der Waals surface area contributed by atoms with Gasteiger partial charge in [0.2, 0.25) is 5.91 Å². The van der Waals surface area contributed by atoms with Gasteiger partial charge in [0, 0.05) is 25.6 Å². The molecule has 2 aliphatic rings. The highest BCUT2D eigenvalue weighted by atomic mass is 16.5. The first-order chi connectivity index (χ1) is 8.08. The molecule has 4 unspecified atom stereocenters. The van der Waals surface area contributed by atoms with Gasteiger partial charge in [-0.25, -0.2) is 0 Å². The minimum Gasteiger partial charge on any atom is -0.379 e. The Morgan fingerprint density at radius 1 is 1.35 bits per heavy atom. The van der Waals surface area contributed by atoms with Gasteiger partial charge in [-0.2, -0.15) is 0 Å². The fraction of sp³-hybridized carbons (Fsp3) is 0.923. The van der Waals surface area contributed by atoms with Crippen LogP contribution in [0.2, 0.25) is 0 Å². The fourth-order valence-electron chi connectivity index (χ4n) is 3.15. The zero-order valence-corrected chi connectivity index (χ0v) is 10.9. The van der Waals surface area contributed by atoms with Crippen LogP contribution in [0.5, 0.6) is 0 Å². The van der Waals surface area contributed by atoms with Gasteiger partial charge in [-0.15, -0.1) is 0 Å². The van der Waals surface area contributed by atoms with Crippen molar-refractivity contribution in [3.63, 3.8) is 0 Å². The number of rotatable bonds is 2. The molecule has 0 aromatic heterocycles. The molecule has 98 valence electrons. The summed E-state index contributed by atoms with van der Waals surface area (Å²) in [6.45, 7) is 3.66. The third-order valence-corrected chi connectivity index (χ3v) is 4.13. The van der Waals surface area contributed by atoms with Crippen molar-refractivity contribution in [2.45, 2.75) is 44.7 Å². The van der Waals surface area contributed by atoms with Crippen LogP contribution in [-0.4, -0.2) is 43.2 Å². The lowest BCUT2D eigenvalue weighted by atomic mass is 9.79. The maximum atomic E-state index is 12.4. The third-order valence-electron chi connectivity index (χ3n) is 4.13. The second-order valence-corrected chi connectivity index (χ2v) is 5.74. The molecule has 0 aromatic rings. The van der Waals surface area contributed by atoms with Gasteiger partial charge < -0.3 is 15.4 Å². The van der Waals surface area contributed by atoms with Gasteiger partial charge in [-0.05, 0) is 31.6 Å². The SMILES string of the molecule is CC1CC(N)CC(C(=O)N(C)C2CCOC2)C1. The van der Waals surface area contributed by atoms with Crippen molar-refractivity contribution < 1.29 is 9.53 Å². The number of nitrogens with two attached hydrogens (primary N) is 1. The first-order valence-corrected chi connectivity index (χ1v) is 6.68. The van der Waals surface area contributed by atoms with E-state index in [0.717, 1.165) is 32.3 Å². The number of amides is 1. The molecule has 1 aliphatic carbocycles. The third kappa shape index (κ3) is 2.99. The van der Waals surface area contributed by atoms with E-state index in [-0.39, 0.29) is 23.9 Å². The zero-order valence-electron chi connectivity index (χ0n) is 10.9. The van der Waals surface area contributed by atoms with Gasteiger partial charge in [-0.1, -0.05) is 6.92 Å². The fourth-order valence-corrected chi connectivity index (χ4v) is 3.15. The minimum absolute atomic E-state index is 0.124. The molecule has 4 atom stereocenters. The van der Waals surface area contributed by atoms with Crippen LogP contribution in [0.4, 0.5) is 0 Å². The van der Waals surface area contributed by atoms with Crippen LogP contribution in [-0.2, 0) is 9.53 Å². The smallest absolute Gasteiger partial charge is 0.225 e. The van der Waals surface area contributed by atoms with Crippen molar-refractivity contribution in [3.8, 4) is 0 Å². The molecule has 4 nitrogen and oxygen atoms in total. The van der Waals surface area contributed by atoms with Crippen LogP contribution in [0.3, 0.4) is 0 Å². The molecular formula is C13H24N2O2. The number of hydrogen-bond donors (Lipinski definition) is 1. The van der Waals surface area contributed by atoms with E-state index in [1.165, 1.54) is 0 Å². The molecule has 2 fully saturated rings. The summed E-state index contributed by atoms with van der Waals surface area (Å²) in [7, 11) is 1.91. The lowest BCUT2D eigenvalue weighted by Crippen LogP contribution is -2.45. The normalized spacial score (nSPS) is 38.1. The Kier molecular flexibility index (Phi) is 4.05. The molecule has 0 spiro atoms. The Morgan fingerprint density at radius 3 is 2.71 bits per heavy atom. The summed E-state index contributed by atoms with van der Waals surface area (Å²) >= 11 is 0. The largest absolute Gasteiger partial charge is 0.379 e. The molecular weight excluding hydrogens is 216 g/mol. The average molecular weight is 240 g/mol. The zero-order chi connectivity index (χ0) is 12.4. The van der Waals surface area contributed by atoms with Gasteiger partial charge in [-0.3, -0.25) is 4.79 Å². The summed E-state index contributed by atoms with van der Waals surface area (Å²) in [6.07, 6.45) is 3.86. The summed E-state index contributed by atoms with van der Waals surface area (Å²) in [6, 6.07) is 0.469. The highest BCUT2D eigenvalue weighted by Crippen LogP contribution is 2.30. The van der Waals surface area contributed by atoms with Crippen LogP contribution < -0.4 is 5.73 Å². The van der Waals surface area contributed by atoms with Gasteiger partial charge in [0.05, 0.1) is 12.6 Å². The second kappa shape index (κ2) is 5.36. The number of ether oxygens (including phenoxy) is 1. The van der Waals surface area contributed by atoms with E-state index in [1.54, 1.807) is 0 Å². The van der Waals surface area contributed by atoms with Crippen molar-refractivity contribution in [2.24, 2.45) is 17.6 Å². The van der Waals surface area contributed by atoms with E-state index in [1.807, 2.05) is 11.9 Å². The molecule has 1 heterocycles. The summed E-state index contributed by atoms with van der Waals surface area (Å²) in [5.74, 6) is 0.961. The van der Waals surface area contributed by atoms with Gasteiger partial charge in [0.15, 0.2) is 0 Å². The van der Waals surface area contributed by atoms with E-state index < -0.39 is 0 Å². The number of carbonyl (C=O) groups is 1. The predicted octanol–water partition coefficient (Wildman–Crippen LogP) is 0.997. The molecule has 1 saturated heterocycles. The minimum atomic E-state index is 0.124. The Labute approximate surface area is 103 Å². The van der Waals surface area contributed by atoms with Crippen LogP contribution in [0.15, 0.2) is 0 Å². The molecule has 2 N–H and O–H groups in total. The lowest BCUT2D eigenvalue weighted by molar-refractivity contribution is -0.138. The Hall–Kier alpha value is -0.610. The van der Waals surface area contributed by atoms with E-state index in [4.69, 9.17) is 10.5 Å². The number of nitrogens with zero attached hydrogens (tertiary/aromatic N) is 1. The van der Waals surface area contributed by atoms with Gasteiger partial charge in [0.25, 0.3) is 0 Å². The van der Waals surface area contributed by atoms with Crippen LogP contribution in [0.1, 0.15) is 32.6 Å². The van der Waals surface area contributed by atoms with Crippen molar-refractivity contribution in [1.82, 2.24) is 4.90 Å². The van der Waals surface area contributed by atoms with Crippen molar-refractivity contribution in [1.29, 1.82) is 0 Å². The summed E-state index contributed by atoms with van der Waals surface area (Å²) < 4.78 is 5.34. The topological polar surface area (TPSA) is 55.6 Å².